The van der Waals surface area contributed by atoms with Crippen molar-refractivity contribution in [3.63, 3.8) is 0 Å². The van der Waals surface area contributed by atoms with Crippen molar-refractivity contribution in [1.82, 2.24) is 10.2 Å². The number of anilines is 1. The first-order valence-electron chi connectivity index (χ1n) is 6.19. The maximum atomic E-state index is 12.4. The molecule has 4 nitrogen and oxygen atoms in total. The molecule has 0 spiro atoms. The van der Waals surface area contributed by atoms with Crippen LogP contribution in [0.2, 0.25) is 0 Å². The van der Waals surface area contributed by atoms with E-state index in [1.807, 2.05) is 30.3 Å². The van der Waals surface area contributed by atoms with Crippen molar-refractivity contribution in [3.8, 4) is 0 Å². The number of nitrogens with zero attached hydrogens (tertiary/aromatic N) is 2. The molecule has 0 bridgehead atoms. The van der Waals surface area contributed by atoms with Crippen LogP contribution >= 0.6 is 11.3 Å². The van der Waals surface area contributed by atoms with Gasteiger partial charge in [0.05, 0.1) is 5.41 Å². The Balaban J connectivity index is 1.77. The first kappa shape index (κ1) is 14.0. The average molecular weight is 313 g/mol. The van der Waals surface area contributed by atoms with Gasteiger partial charge in [-0.05, 0) is 18.4 Å². The minimum absolute atomic E-state index is 0.130. The van der Waals surface area contributed by atoms with Crippen LogP contribution in [0.15, 0.2) is 30.3 Å². The lowest BCUT2D eigenvalue weighted by atomic mass is 9.95. The topological polar surface area (TPSA) is 54.9 Å². The van der Waals surface area contributed by atoms with Crippen molar-refractivity contribution in [1.29, 1.82) is 0 Å². The van der Waals surface area contributed by atoms with E-state index in [9.17, 15) is 18.0 Å². The van der Waals surface area contributed by atoms with Gasteiger partial charge in [0.15, 0.2) is 0 Å². The van der Waals surface area contributed by atoms with Gasteiger partial charge in [0.2, 0.25) is 16.0 Å². The third-order valence-electron chi connectivity index (χ3n) is 3.40. The summed E-state index contributed by atoms with van der Waals surface area (Å²) in [6.07, 6.45) is -3.20. The zero-order valence-electron chi connectivity index (χ0n) is 10.6. The third kappa shape index (κ3) is 2.63. The number of carbonyl (C=O) groups excluding carboxylic acids is 1. The third-order valence-corrected chi connectivity index (χ3v) is 4.28. The van der Waals surface area contributed by atoms with E-state index in [1.54, 1.807) is 0 Å². The van der Waals surface area contributed by atoms with Gasteiger partial charge < -0.3 is 0 Å². The van der Waals surface area contributed by atoms with Gasteiger partial charge in [0.25, 0.3) is 0 Å². The predicted molar refractivity (Wildman–Crippen MR) is 70.9 cm³/mol. The highest BCUT2D eigenvalue weighted by Gasteiger charge is 2.51. The number of rotatable bonds is 3. The van der Waals surface area contributed by atoms with Crippen LogP contribution in [0.1, 0.15) is 23.4 Å². The van der Waals surface area contributed by atoms with Crippen molar-refractivity contribution >= 4 is 22.4 Å². The summed E-state index contributed by atoms with van der Waals surface area (Å²) in [6, 6.07) is 9.18. The number of carbonyl (C=O) groups is 1. The van der Waals surface area contributed by atoms with Crippen LogP contribution in [0.4, 0.5) is 18.3 Å². The van der Waals surface area contributed by atoms with Crippen LogP contribution in [-0.2, 0) is 16.4 Å². The molecule has 1 N–H and O–H groups in total. The van der Waals surface area contributed by atoms with E-state index in [2.05, 4.69) is 15.5 Å². The first-order chi connectivity index (χ1) is 9.92. The molecule has 0 atom stereocenters. The van der Waals surface area contributed by atoms with Crippen LogP contribution < -0.4 is 5.32 Å². The summed E-state index contributed by atoms with van der Waals surface area (Å²) in [5.41, 5.74) is 0.216. The number of aromatic nitrogens is 2. The van der Waals surface area contributed by atoms with Crippen molar-refractivity contribution in [3.05, 3.63) is 40.9 Å². The maximum Gasteiger partial charge on any atom is 0.445 e. The van der Waals surface area contributed by atoms with Crippen molar-refractivity contribution in [2.45, 2.75) is 24.4 Å². The fourth-order valence-electron chi connectivity index (χ4n) is 2.13. The fourth-order valence-corrected chi connectivity index (χ4v) is 2.74. The Kier molecular flexibility index (Phi) is 3.20. The van der Waals surface area contributed by atoms with Crippen LogP contribution in [0.25, 0.3) is 0 Å². The largest absolute Gasteiger partial charge is 0.445 e. The molecule has 1 saturated carbocycles. The summed E-state index contributed by atoms with van der Waals surface area (Å²) in [6.45, 7) is 0. The minimum atomic E-state index is -4.54. The molecule has 2 aromatic rings. The minimum Gasteiger partial charge on any atom is -0.300 e. The second kappa shape index (κ2) is 4.80. The normalized spacial score (nSPS) is 16.5. The average Bonchev–Trinajstić information content (AvgIpc) is 3.13. The highest BCUT2D eigenvalue weighted by Crippen LogP contribution is 2.49. The van der Waals surface area contributed by atoms with Gasteiger partial charge in [-0.1, -0.05) is 41.7 Å². The van der Waals surface area contributed by atoms with Gasteiger partial charge >= 0.3 is 6.18 Å². The summed E-state index contributed by atoms with van der Waals surface area (Å²) in [5, 5.41) is 7.66. The van der Waals surface area contributed by atoms with E-state index in [0.717, 1.165) is 5.56 Å². The Morgan fingerprint density at radius 2 is 1.86 bits per heavy atom. The second-order valence-electron chi connectivity index (χ2n) is 4.81. The molecular weight excluding hydrogens is 303 g/mol. The highest BCUT2D eigenvalue weighted by atomic mass is 32.1. The molecule has 3 rings (SSSR count). The Morgan fingerprint density at radius 3 is 2.38 bits per heavy atom. The van der Waals surface area contributed by atoms with Crippen LogP contribution in [0.5, 0.6) is 0 Å². The van der Waals surface area contributed by atoms with E-state index < -0.39 is 16.6 Å². The SMILES string of the molecule is O=C(Nc1nnc(C(F)(F)F)s1)C1(c2ccccc2)CC1. The van der Waals surface area contributed by atoms with E-state index in [1.165, 1.54) is 0 Å². The van der Waals surface area contributed by atoms with Crippen LogP contribution in [0, 0.1) is 0 Å². The van der Waals surface area contributed by atoms with Crippen LogP contribution in [-0.4, -0.2) is 16.1 Å². The monoisotopic (exact) mass is 313 g/mol. The summed E-state index contributed by atoms with van der Waals surface area (Å²) in [7, 11) is 0. The Morgan fingerprint density at radius 1 is 1.19 bits per heavy atom. The lowest BCUT2D eigenvalue weighted by Gasteiger charge is -2.13. The van der Waals surface area contributed by atoms with E-state index in [-0.39, 0.29) is 11.0 Å². The summed E-state index contributed by atoms with van der Waals surface area (Å²) in [4.78, 5) is 12.3. The fraction of sp³-hybridized carbons (Fsp3) is 0.308. The quantitative estimate of drug-likeness (QED) is 0.946. The zero-order valence-corrected chi connectivity index (χ0v) is 11.5. The van der Waals surface area contributed by atoms with Gasteiger partial charge in [-0.25, -0.2) is 0 Å². The number of alkyl halides is 3. The number of amides is 1. The lowest BCUT2D eigenvalue weighted by molar-refractivity contribution is -0.138. The van der Waals surface area contributed by atoms with E-state index in [4.69, 9.17) is 0 Å². The number of halogens is 3. The van der Waals surface area contributed by atoms with Gasteiger partial charge in [0.1, 0.15) is 0 Å². The maximum absolute atomic E-state index is 12.4. The molecule has 1 aromatic heterocycles. The molecule has 1 heterocycles. The molecule has 1 fully saturated rings. The number of nitrogens with one attached hydrogen (secondary N) is 1. The smallest absolute Gasteiger partial charge is 0.300 e. The molecule has 1 aromatic carbocycles. The van der Waals surface area contributed by atoms with Gasteiger partial charge in [-0.2, -0.15) is 13.2 Å². The molecular formula is C13H10F3N3OS. The number of hydrogen-bond donors (Lipinski definition) is 1. The Bertz CT molecular complexity index is 665. The molecule has 1 aliphatic carbocycles. The van der Waals surface area contributed by atoms with E-state index >= 15 is 0 Å². The first-order valence-corrected chi connectivity index (χ1v) is 7.01. The number of hydrogen-bond acceptors (Lipinski definition) is 4. The molecule has 1 aliphatic rings. The predicted octanol–water partition coefficient (Wildman–Crippen LogP) is 3.23. The molecule has 21 heavy (non-hydrogen) atoms. The van der Waals surface area contributed by atoms with Crippen molar-refractivity contribution in [2.75, 3.05) is 5.32 Å². The lowest BCUT2D eigenvalue weighted by Crippen LogP contribution is -2.27. The van der Waals surface area contributed by atoms with Gasteiger partial charge in [0, 0.05) is 0 Å². The highest BCUT2D eigenvalue weighted by molar-refractivity contribution is 7.15. The Hall–Kier alpha value is -1.96. The summed E-state index contributed by atoms with van der Waals surface area (Å²) >= 11 is 0.328. The molecule has 110 valence electrons. The zero-order chi connectivity index (χ0) is 15.1. The molecule has 0 aliphatic heterocycles. The van der Waals surface area contributed by atoms with Crippen molar-refractivity contribution in [2.24, 2.45) is 0 Å². The Labute approximate surface area is 122 Å². The van der Waals surface area contributed by atoms with Crippen LogP contribution in [0.3, 0.4) is 0 Å². The molecule has 0 saturated heterocycles. The van der Waals surface area contributed by atoms with Crippen molar-refractivity contribution < 1.29 is 18.0 Å². The summed E-state index contributed by atoms with van der Waals surface area (Å²) < 4.78 is 37.3. The number of benzene rings is 1. The summed E-state index contributed by atoms with van der Waals surface area (Å²) in [5.74, 6) is -0.335. The van der Waals surface area contributed by atoms with E-state index in [0.29, 0.717) is 24.2 Å². The molecule has 0 unspecified atom stereocenters. The molecule has 0 radical (unpaired) electrons. The standard InChI is InChI=1S/C13H10F3N3OS/c14-13(15,16)10-18-19-11(21-10)17-9(20)12(6-7-12)8-4-2-1-3-5-8/h1-5H,6-7H2,(H,17,19,20). The van der Waals surface area contributed by atoms with Gasteiger partial charge in [-0.15, -0.1) is 10.2 Å². The molecule has 1 amide bonds. The van der Waals surface area contributed by atoms with Gasteiger partial charge in [-0.3, -0.25) is 10.1 Å². The molecule has 8 heteroatoms. The second-order valence-corrected chi connectivity index (χ2v) is 5.79.